The minimum atomic E-state index is 0.376. The molecular weight excluding hydrogens is 204 g/mol. The normalized spacial score (nSPS) is 10.9. The van der Waals surface area contributed by atoms with Crippen LogP contribution in [0.3, 0.4) is 0 Å². The Morgan fingerprint density at radius 1 is 1.25 bits per heavy atom. The first-order valence-corrected chi connectivity index (χ1v) is 5.03. The number of rotatable bonds is 6. The lowest BCUT2D eigenvalue weighted by Gasteiger charge is -2.00. The van der Waals surface area contributed by atoms with Gasteiger partial charge in [-0.05, 0) is 35.8 Å². The summed E-state index contributed by atoms with van der Waals surface area (Å²) in [5, 5.41) is 0. The summed E-state index contributed by atoms with van der Waals surface area (Å²) in [5.41, 5.74) is 1.55. The first kappa shape index (κ1) is 12.2. The molecule has 0 fully saturated rings. The van der Waals surface area contributed by atoms with E-state index >= 15 is 0 Å². The van der Waals surface area contributed by atoms with Crippen LogP contribution >= 0.6 is 0 Å². The maximum Gasteiger partial charge on any atom is 0.146 e. The van der Waals surface area contributed by atoms with Crippen molar-refractivity contribution in [3.05, 3.63) is 35.4 Å². The smallest absolute Gasteiger partial charge is 0.146 e. The van der Waals surface area contributed by atoms with Crippen molar-refractivity contribution < 1.29 is 14.3 Å². The van der Waals surface area contributed by atoms with Crippen LogP contribution in [-0.4, -0.2) is 19.7 Å². The van der Waals surface area contributed by atoms with Gasteiger partial charge in [0.15, 0.2) is 0 Å². The molecule has 1 aromatic rings. The minimum absolute atomic E-state index is 0.376. The Balaban J connectivity index is 2.77. The van der Waals surface area contributed by atoms with Crippen LogP contribution in [0.25, 0.3) is 6.08 Å². The molecule has 0 aliphatic rings. The van der Waals surface area contributed by atoms with Gasteiger partial charge in [0.05, 0.1) is 7.11 Å². The lowest BCUT2D eigenvalue weighted by atomic mass is 10.1. The van der Waals surface area contributed by atoms with E-state index in [2.05, 4.69) is 0 Å². The number of aldehydes is 2. The highest BCUT2D eigenvalue weighted by atomic mass is 16.5. The predicted molar refractivity (Wildman–Crippen MR) is 62.3 cm³/mol. The number of hydrogen-bond acceptors (Lipinski definition) is 3. The molecule has 0 saturated heterocycles. The topological polar surface area (TPSA) is 43.4 Å². The maximum absolute atomic E-state index is 10.7. The average Bonchev–Trinajstić information content (AvgIpc) is 2.35. The van der Waals surface area contributed by atoms with Gasteiger partial charge in [0.2, 0.25) is 0 Å². The van der Waals surface area contributed by atoms with Gasteiger partial charge in [-0.3, -0.25) is 4.79 Å². The first-order valence-electron chi connectivity index (χ1n) is 5.03. The zero-order valence-electron chi connectivity index (χ0n) is 9.18. The molecule has 0 N–H and O–H groups in total. The van der Waals surface area contributed by atoms with Crippen LogP contribution in [0.4, 0.5) is 0 Å². The SMILES string of the molecule is COc1ccc(/C=C(/C=O)CCC=O)cc1. The van der Waals surface area contributed by atoms with Crippen molar-refractivity contribution in [2.45, 2.75) is 12.8 Å². The number of methoxy groups -OCH3 is 1. The number of allylic oxidation sites excluding steroid dienone is 1. The standard InChI is InChI=1S/C13H14O3/c1-16-13-6-4-11(5-7-13)9-12(10-15)3-2-8-14/h4-10H,2-3H2,1H3/b12-9+. The van der Waals surface area contributed by atoms with E-state index in [4.69, 9.17) is 4.74 Å². The average molecular weight is 218 g/mol. The second-order valence-corrected chi connectivity index (χ2v) is 3.32. The van der Waals surface area contributed by atoms with Crippen LogP contribution in [0.1, 0.15) is 18.4 Å². The predicted octanol–water partition coefficient (Wildman–Crippen LogP) is 2.26. The molecule has 1 rings (SSSR count). The van der Waals surface area contributed by atoms with E-state index in [-0.39, 0.29) is 0 Å². The first-order chi connectivity index (χ1) is 7.80. The van der Waals surface area contributed by atoms with E-state index in [0.717, 1.165) is 23.9 Å². The van der Waals surface area contributed by atoms with Gasteiger partial charge in [0.25, 0.3) is 0 Å². The Hall–Kier alpha value is -1.90. The molecule has 0 amide bonds. The molecular formula is C13H14O3. The summed E-state index contributed by atoms with van der Waals surface area (Å²) in [7, 11) is 1.60. The molecule has 1 aromatic carbocycles. The van der Waals surface area contributed by atoms with Crippen LogP contribution in [0.15, 0.2) is 29.8 Å². The minimum Gasteiger partial charge on any atom is -0.497 e. The molecule has 0 saturated carbocycles. The summed E-state index contributed by atoms with van der Waals surface area (Å²) in [6.45, 7) is 0. The summed E-state index contributed by atoms with van der Waals surface area (Å²) in [6.07, 6.45) is 4.23. The summed E-state index contributed by atoms with van der Waals surface area (Å²) in [6, 6.07) is 7.38. The van der Waals surface area contributed by atoms with Gasteiger partial charge >= 0.3 is 0 Å². The molecule has 3 heteroatoms. The largest absolute Gasteiger partial charge is 0.497 e. The molecule has 0 aliphatic heterocycles. The fourth-order valence-corrected chi connectivity index (χ4v) is 1.30. The Morgan fingerprint density at radius 3 is 2.44 bits per heavy atom. The molecule has 3 nitrogen and oxygen atoms in total. The van der Waals surface area contributed by atoms with Crippen LogP contribution in [0.5, 0.6) is 5.75 Å². The van der Waals surface area contributed by atoms with Crippen LogP contribution in [0.2, 0.25) is 0 Å². The zero-order chi connectivity index (χ0) is 11.8. The number of hydrogen-bond donors (Lipinski definition) is 0. The molecule has 0 aliphatic carbocycles. The highest BCUT2D eigenvalue weighted by Gasteiger charge is 1.97. The molecule has 0 aromatic heterocycles. The van der Waals surface area contributed by atoms with Gasteiger partial charge in [-0.2, -0.15) is 0 Å². The second kappa shape index (κ2) is 6.56. The third kappa shape index (κ3) is 3.69. The molecule has 0 atom stereocenters. The van der Waals surface area contributed by atoms with Gasteiger partial charge in [-0.25, -0.2) is 0 Å². The Bertz CT molecular complexity index is 377. The summed E-state index contributed by atoms with van der Waals surface area (Å²) < 4.78 is 5.03. The quantitative estimate of drug-likeness (QED) is 0.543. The van der Waals surface area contributed by atoms with Crippen molar-refractivity contribution in [1.29, 1.82) is 0 Å². The number of carbonyl (C=O) groups is 2. The highest BCUT2D eigenvalue weighted by molar-refractivity contribution is 5.82. The maximum atomic E-state index is 10.7. The number of ether oxygens (including phenoxy) is 1. The fraction of sp³-hybridized carbons (Fsp3) is 0.231. The summed E-state index contributed by atoms with van der Waals surface area (Å²) >= 11 is 0. The second-order valence-electron chi connectivity index (χ2n) is 3.32. The molecule has 0 bridgehead atoms. The number of benzene rings is 1. The van der Waals surface area contributed by atoms with Gasteiger partial charge in [0.1, 0.15) is 18.3 Å². The lowest BCUT2D eigenvalue weighted by Crippen LogP contribution is -1.87. The van der Waals surface area contributed by atoms with Crippen molar-refractivity contribution >= 4 is 18.6 Å². The highest BCUT2D eigenvalue weighted by Crippen LogP contribution is 2.14. The van der Waals surface area contributed by atoms with Crippen molar-refractivity contribution in [1.82, 2.24) is 0 Å². The van der Waals surface area contributed by atoms with Gasteiger partial charge < -0.3 is 9.53 Å². The Kier molecular flexibility index (Phi) is 4.99. The van der Waals surface area contributed by atoms with Crippen LogP contribution in [0, 0.1) is 0 Å². The van der Waals surface area contributed by atoms with E-state index in [9.17, 15) is 9.59 Å². The van der Waals surface area contributed by atoms with Crippen molar-refractivity contribution in [3.8, 4) is 5.75 Å². The summed E-state index contributed by atoms with van der Waals surface area (Å²) in [4.78, 5) is 20.9. The molecule has 0 spiro atoms. The molecule has 84 valence electrons. The van der Waals surface area contributed by atoms with Gasteiger partial charge in [0, 0.05) is 6.42 Å². The van der Waals surface area contributed by atoms with E-state index in [1.54, 1.807) is 13.2 Å². The van der Waals surface area contributed by atoms with E-state index in [1.165, 1.54) is 0 Å². The monoisotopic (exact) mass is 218 g/mol. The van der Waals surface area contributed by atoms with Gasteiger partial charge in [-0.1, -0.05) is 12.1 Å². The van der Waals surface area contributed by atoms with Crippen molar-refractivity contribution in [2.24, 2.45) is 0 Å². The Labute approximate surface area is 94.7 Å². The molecule has 16 heavy (non-hydrogen) atoms. The number of carbonyl (C=O) groups excluding carboxylic acids is 2. The lowest BCUT2D eigenvalue weighted by molar-refractivity contribution is -0.107. The van der Waals surface area contributed by atoms with Crippen LogP contribution in [-0.2, 0) is 9.59 Å². The van der Waals surface area contributed by atoms with E-state index < -0.39 is 0 Å². The third-order valence-electron chi connectivity index (χ3n) is 2.17. The molecule has 0 heterocycles. The molecule has 0 unspecified atom stereocenters. The van der Waals surface area contributed by atoms with E-state index in [0.29, 0.717) is 18.4 Å². The zero-order valence-corrected chi connectivity index (χ0v) is 9.18. The van der Waals surface area contributed by atoms with Crippen molar-refractivity contribution in [2.75, 3.05) is 7.11 Å². The Morgan fingerprint density at radius 2 is 1.94 bits per heavy atom. The molecule has 0 radical (unpaired) electrons. The third-order valence-corrected chi connectivity index (χ3v) is 2.17. The van der Waals surface area contributed by atoms with Crippen LogP contribution < -0.4 is 4.74 Å². The van der Waals surface area contributed by atoms with Crippen molar-refractivity contribution in [3.63, 3.8) is 0 Å². The van der Waals surface area contributed by atoms with Gasteiger partial charge in [-0.15, -0.1) is 0 Å². The van der Waals surface area contributed by atoms with E-state index in [1.807, 2.05) is 24.3 Å². The summed E-state index contributed by atoms with van der Waals surface area (Å²) in [5.74, 6) is 0.776. The fourth-order valence-electron chi connectivity index (χ4n) is 1.30.